The van der Waals surface area contributed by atoms with Crippen LogP contribution in [0, 0.1) is 0 Å². The lowest BCUT2D eigenvalue weighted by molar-refractivity contribution is -0.134. The molecular formula is C29H33NO7. The zero-order valence-corrected chi connectivity index (χ0v) is 21.9. The van der Waals surface area contributed by atoms with Crippen molar-refractivity contribution in [2.45, 2.75) is 18.9 Å². The Labute approximate surface area is 217 Å². The summed E-state index contributed by atoms with van der Waals surface area (Å²) in [5, 5.41) is 0. The van der Waals surface area contributed by atoms with Crippen molar-refractivity contribution in [3.05, 3.63) is 71.3 Å². The van der Waals surface area contributed by atoms with Crippen molar-refractivity contribution in [3.8, 4) is 34.5 Å². The van der Waals surface area contributed by atoms with Gasteiger partial charge in [0.1, 0.15) is 18.1 Å². The van der Waals surface area contributed by atoms with Crippen LogP contribution in [-0.2, 0) is 17.6 Å². The molecule has 1 atom stereocenters. The molecule has 1 aliphatic rings. The molecule has 0 unspecified atom stereocenters. The lowest BCUT2D eigenvalue weighted by Crippen LogP contribution is -2.43. The minimum atomic E-state index is -0.307. The lowest BCUT2D eigenvalue weighted by atomic mass is 9.91. The molecule has 1 heterocycles. The number of hydrogen-bond acceptors (Lipinski definition) is 7. The van der Waals surface area contributed by atoms with Gasteiger partial charge in [-0.1, -0.05) is 6.07 Å². The van der Waals surface area contributed by atoms with Crippen molar-refractivity contribution in [1.82, 2.24) is 4.90 Å². The van der Waals surface area contributed by atoms with Crippen LogP contribution in [0.4, 0.5) is 0 Å². The molecule has 1 aliphatic heterocycles. The predicted octanol–water partition coefficient (Wildman–Crippen LogP) is 4.48. The van der Waals surface area contributed by atoms with E-state index in [-0.39, 0.29) is 25.0 Å². The molecule has 8 heteroatoms. The summed E-state index contributed by atoms with van der Waals surface area (Å²) in [7, 11) is 8.02. The summed E-state index contributed by atoms with van der Waals surface area (Å²) in [5.74, 6) is 3.94. The monoisotopic (exact) mass is 507 g/mol. The highest BCUT2D eigenvalue weighted by Crippen LogP contribution is 2.39. The van der Waals surface area contributed by atoms with E-state index in [1.165, 1.54) is 0 Å². The van der Waals surface area contributed by atoms with Gasteiger partial charge in [0.05, 0.1) is 48.0 Å². The molecule has 37 heavy (non-hydrogen) atoms. The van der Waals surface area contributed by atoms with Gasteiger partial charge in [0.15, 0.2) is 23.0 Å². The molecule has 4 rings (SSSR count). The Kier molecular flexibility index (Phi) is 8.28. The molecular weight excluding hydrogens is 474 g/mol. The molecule has 0 radical (unpaired) electrons. The number of amides is 1. The smallest absolute Gasteiger partial charge is 0.227 e. The Morgan fingerprint density at radius 2 is 1.38 bits per heavy atom. The summed E-state index contributed by atoms with van der Waals surface area (Å²) in [6.45, 7) is 0.845. The minimum absolute atomic E-state index is 0.00372. The minimum Gasteiger partial charge on any atom is -0.497 e. The number of carbonyl (C=O) groups excluding carboxylic acids is 1. The lowest BCUT2D eigenvalue weighted by Gasteiger charge is -2.37. The van der Waals surface area contributed by atoms with Gasteiger partial charge in [-0.15, -0.1) is 0 Å². The van der Waals surface area contributed by atoms with Crippen LogP contribution < -0.4 is 28.4 Å². The average molecular weight is 508 g/mol. The molecule has 3 aromatic rings. The number of fused-ring (bicyclic) bond motifs is 1. The van der Waals surface area contributed by atoms with Gasteiger partial charge in [-0.3, -0.25) is 4.79 Å². The van der Waals surface area contributed by atoms with Crippen LogP contribution in [0.25, 0.3) is 0 Å². The van der Waals surface area contributed by atoms with Crippen molar-refractivity contribution in [2.75, 3.05) is 48.7 Å². The third-order valence-electron chi connectivity index (χ3n) is 6.59. The van der Waals surface area contributed by atoms with Gasteiger partial charge in [-0.25, -0.2) is 0 Å². The maximum Gasteiger partial charge on any atom is 0.227 e. The second kappa shape index (κ2) is 11.8. The summed E-state index contributed by atoms with van der Waals surface area (Å²) in [5.41, 5.74) is 2.94. The van der Waals surface area contributed by atoms with E-state index in [0.29, 0.717) is 41.7 Å². The Hall–Kier alpha value is -4.07. The van der Waals surface area contributed by atoms with Gasteiger partial charge >= 0.3 is 0 Å². The number of hydrogen-bond donors (Lipinski definition) is 0. The maximum atomic E-state index is 13.6. The van der Waals surface area contributed by atoms with Gasteiger partial charge < -0.3 is 33.3 Å². The first-order valence-corrected chi connectivity index (χ1v) is 12.0. The van der Waals surface area contributed by atoms with Crippen molar-refractivity contribution in [1.29, 1.82) is 0 Å². The second-order valence-corrected chi connectivity index (χ2v) is 8.61. The normalized spacial score (nSPS) is 14.4. The van der Waals surface area contributed by atoms with E-state index in [9.17, 15) is 4.79 Å². The molecule has 8 nitrogen and oxygen atoms in total. The summed E-state index contributed by atoms with van der Waals surface area (Å²) in [6, 6.07) is 16.6. The number of methoxy groups -OCH3 is 5. The fourth-order valence-corrected chi connectivity index (χ4v) is 4.62. The van der Waals surface area contributed by atoms with Crippen LogP contribution in [0.5, 0.6) is 34.5 Å². The quantitative estimate of drug-likeness (QED) is 0.401. The summed E-state index contributed by atoms with van der Waals surface area (Å²) in [4.78, 5) is 15.5. The summed E-state index contributed by atoms with van der Waals surface area (Å²) in [6.07, 6.45) is 0.925. The predicted molar refractivity (Wildman–Crippen MR) is 139 cm³/mol. The van der Waals surface area contributed by atoms with Crippen LogP contribution in [0.2, 0.25) is 0 Å². The second-order valence-electron chi connectivity index (χ2n) is 8.61. The van der Waals surface area contributed by atoms with Gasteiger partial charge in [0.25, 0.3) is 0 Å². The van der Waals surface area contributed by atoms with Crippen LogP contribution in [0.15, 0.2) is 54.6 Å². The highest BCUT2D eigenvalue weighted by atomic mass is 16.5. The molecule has 0 N–H and O–H groups in total. The fourth-order valence-electron chi connectivity index (χ4n) is 4.62. The fraction of sp³-hybridized carbons (Fsp3) is 0.345. The highest BCUT2D eigenvalue weighted by molar-refractivity contribution is 5.80. The maximum absolute atomic E-state index is 13.6. The van der Waals surface area contributed by atoms with E-state index in [1.807, 2.05) is 59.5 Å². The van der Waals surface area contributed by atoms with E-state index >= 15 is 0 Å². The molecule has 0 fully saturated rings. The van der Waals surface area contributed by atoms with Gasteiger partial charge in [0, 0.05) is 6.54 Å². The molecule has 3 aromatic carbocycles. The Morgan fingerprint density at radius 1 is 0.757 bits per heavy atom. The SMILES string of the molecule is COc1ccc(OC[C@H]2c3cc(OC)c(OC)cc3CCN2C(=O)Cc2ccc(OC)c(OC)c2)cc1. The Morgan fingerprint density at radius 3 is 2.03 bits per heavy atom. The zero-order chi connectivity index (χ0) is 26.4. The summed E-state index contributed by atoms with van der Waals surface area (Å²) >= 11 is 0. The van der Waals surface area contributed by atoms with Crippen LogP contribution >= 0.6 is 0 Å². The molecule has 0 saturated carbocycles. The summed E-state index contributed by atoms with van der Waals surface area (Å²) < 4.78 is 33.2. The molecule has 0 saturated heterocycles. The number of rotatable bonds is 10. The van der Waals surface area contributed by atoms with Gasteiger partial charge in [-0.05, 0) is 71.6 Å². The number of carbonyl (C=O) groups is 1. The molecule has 1 amide bonds. The molecule has 0 aromatic heterocycles. The van der Waals surface area contributed by atoms with Crippen molar-refractivity contribution in [2.24, 2.45) is 0 Å². The average Bonchev–Trinajstić information content (AvgIpc) is 2.94. The molecule has 196 valence electrons. The van der Waals surface area contributed by atoms with Crippen LogP contribution in [0.3, 0.4) is 0 Å². The Bertz CT molecular complexity index is 1230. The van der Waals surface area contributed by atoms with Crippen molar-refractivity contribution < 1.29 is 33.2 Å². The largest absolute Gasteiger partial charge is 0.497 e. The first-order chi connectivity index (χ1) is 18.0. The molecule has 0 spiro atoms. The topological polar surface area (TPSA) is 75.7 Å². The van der Waals surface area contributed by atoms with E-state index < -0.39 is 0 Å². The first-order valence-electron chi connectivity index (χ1n) is 12.0. The zero-order valence-electron chi connectivity index (χ0n) is 21.9. The number of benzene rings is 3. The van der Waals surface area contributed by atoms with E-state index in [4.69, 9.17) is 28.4 Å². The third kappa shape index (κ3) is 5.69. The molecule has 0 bridgehead atoms. The standard InChI is InChI=1S/C29H33NO7/c1-32-21-7-9-22(10-8-21)37-18-24-23-17-28(36-5)27(35-4)16-20(23)12-13-30(24)29(31)15-19-6-11-25(33-2)26(14-19)34-3/h6-11,14,16-17,24H,12-13,15,18H2,1-5H3/t24-/m0/s1. The van der Waals surface area contributed by atoms with E-state index in [1.54, 1.807) is 35.5 Å². The van der Waals surface area contributed by atoms with Gasteiger partial charge in [0.2, 0.25) is 5.91 Å². The van der Waals surface area contributed by atoms with Crippen molar-refractivity contribution >= 4 is 5.91 Å². The third-order valence-corrected chi connectivity index (χ3v) is 6.59. The van der Waals surface area contributed by atoms with Gasteiger partial charge in [-0.2, -0.15) is 0 Å². The molecule has 0 aliphatic carbocycles. The highest BCUT2D eigenvalue weighted by Gasteiger charge is 2.33. The van der Waals surface area contributed by atoms with Crippen LogP contribution in [0.1, 0.15) is 22.7 Å². The number of ether oxygens (including phenoxy) is 6. The van der Waals surface area contributed by atoms with Crippen LogP contribution in [-0.4, -0.2) is 59.5 Å². The van der Waals surface area contributed by atoms with E-state index in [2.05, 4.69) is 0 Å². The Balaban J connectivity index is 1.63. The van der Waals surface area contributed by atoms with E-state index in [0.717, 1.165) is 22.4 Å². The first kappa shape index (κ1) is 26.0. The number of nitrogens with zero attached hydrogens (tertiary/aromatic N) is 1. The van der Waals surface area contributed by atoms with Crippen molar-refractivity contribution in [3.63, 3.8) is 0 Å².